The van der Waals surface area contributed by atoms with Gasteiger partial charge >= 0.3 is 11.8 Å². The molecule has 3 aromatic rings. The van der Waals surface area contributed by atoms with Crippen LogP contribution in [0.25, 0.3) is 0 Å². The summed E-state index contributed by atoms with van der Waals surface area (Å²) in [5, 5.41) is 6.12. The maximum atomic E-state index is 12.2. The lowest BCUT2D eigenvalue weighted by atomic mass is 10.2. The second-order valence-electron chi connectivity index (χ2n) is 6.46. The highest BCUT2D eigenvalue weighted by atomic mass is 32.2. The highest BCUT2D eigenvalue weighted by molar-refractivity contribution is 7.89. The van der Waals surface area contributed by atoms with Gasteiger partial charge in [-0.3, -0.25) is 9.59 Å². The summed E-state index contributed by atoms with van der Waals surface area (Å²) in [7, 11) is -3.66. The maximum Gasteiger partial charge on any atom is 0.329 e. The SMILES string of the molecule is Cc1ccc(NC(=O)C(=O)N/N=C/c2ccc(CNS(=O)(=O)c3ccccc3)o2)cc1. The fourth-order valence-corrected chi connectivity index (χ4v) is 3.45. The van der Waals surface area contributed by atoms with Gasteiger partial charge in [0.25, 0.3) is 0 Å². The van der Waals surface area contributed by atoms with E-state index in [4.69, 9.17) is 4.42 Å². The van der Waals surface area contributed by atoms with E-state index in [2.05, 4.69) is 20.6 Å². The number of nitrogens with one attached hydrogen (secondary N) is 3. The number of hydrogen-bond acceptors (Lipinski definition) is 6. The normalized spacial score (nSPS) is 11.4. The van der Waals surface area contributed by atoms with E-state index in [-0.39, 0.29) is 17.2 Å². The summed E-state index contributed by atoms with van der Waals surface area (Å²) < 4.78 is 32.3. The Morgan fingerprint density at radius 2 is 1.68 bits per heavy atom. The molecule has 0 radical (unpaired) electrons. The fourth-order valence-electron chi connectivity index (χ4n) is 2.44. The Kier molecular flexibility index (Phi) is 6.96. The van der Waals surface area contributed by atoms with Crippen LogP contribution in [0.15, 0.2) is 81.1 Å². The van der Waals surface area contributed by atoms with Crippen LogP contribution >= 0.6 is 0 Å². The first-order valence-corrected chi connectivity index (χ1v) is 10.7. The minimum absolute atomic E-state index is 0.0591. The summed E-state index contributed by atoms with van der Waals surface area (Å²) in [6, 6.07) is 18.1. The van der Waals surface area contributed by atoms with Crippen LogP contribution in [0.3, 0.4) is 0 Å². The number of hydrogen-bond donors (Lipinski definition) is 3. The molecular weight excluding hydrogens is 420 g/mol. The molecule has 0 spiro atoms. The molecule has 0 fully saturated rings. The molecule has 1 aromatic heterocycles. The first-order valence-electron chi connectivity index (χ1n) is 9.18. The van der Waals surface area contributed by atoms with E-state index < -0.39 is 21.8 Å². The van der Waals surface area contributed by atoms with E-state index in [1.807, 2.05) is 6.92 Å². The molecule has 0 saturated heterocycles. The van der Waals surface area contributed by atoms with E-state index in [1.54, 1.807) is 54.6 Å². The monoisotopic (exact) mass is 440 g/mol. The van der Waals surface area contributed by atoms with Crippen molar-refractivity contribution in [2.45, 2.75) is 18.4 Å². The molecule has 0 unspecified atom stereocenters. The first kappa shape index (κ1) is 21.9. The Balaban J connectivity index is 1.49. The molecule has 0 aliphatic rings. The van der Waals surface area contributed by atoms with Gasteiger partial charge in [0.15, 0.2) is 0 Å². The van der Waals surface area contributed by atoms with Gasteiger partial charge in [0, 0.05) is 5.69 Å². The lowest BCUT2D eigenvalue weighted by molar-refractivity contribution is -0.136. The molecule has 10 heteroatoms. The number of aryl methyl sites for hydroxylation is 1. The molecule has 0 bridgehead atoms. The van der Waals surface area contributed by atoms with Crippen molar-refractivity contribution >= 4 is 33.7 Å². The Morgan fingerprint density at radius 1 is 0.968 bits per heavy atom. The minimum atomic E-state index is -3.66. The van der Waals surface area contributed by atoms with Crippen molar-refractivity contribution in [3.63, 3.8) is 0 Å². The van der Waals surface area contributed by atoms with Gasteiger partial charge < -0.3 is 9.73 Å². The van der Waals surface area contributed by atoms with Crippen molar-refractivity contribution in [2.24, 2.45) is 5.10 Å². The zero-order valence-corrected chi connectivity index (χ0v) is 17.3. The molecule has 9 nitrogen and oxygen atoms in total. The van der Waals surface area contributed by atoms with Gasteiger partial charge in [0.05, 0.1) is 17.7 Å². The van der Waals surface area contributed by atoms with E-state index in [0.717, 1.165) is 5.56 Å². The summed E-state index contributed by atoms with van der Waals surface area (Å²) in [5.41, 5.74) is 3.61. The Morgan fingerprint density at radius 3 is 2.39 bits per heavy atom. The average Bonchev–Trinajstić information content (AvgIpc) is 3.22. The molecule has 31 heavy (non-hydrogen) atoms. The summed E-state index contributed by atoms with van der Waals surface area (Å²) in [4.78, 5) is 23.8. The number of carbonyl (C=O) groups excluding carboxylic acids is 2. The highest BCUT2D eigenvalue weighted by Gasteiger charge is 2.14. The van der Waals surface area contributed by atoms with Crippen LogP contribution in [0, 0.1) is 6.92 Å². The molecule has 3 N–H and O–H groups in total. The van der Waals surface area contributed by atoms with Gasteiger partial charge in [-0.1, -0.05) is 35.9 Å². The third-order valence-electron chi connectivity index (χ3n) is 4.05. The molecule has 160 valence electrons. The predicted molar refractivity (Wildman–Crippen MR) is 115 cm³/mol. The minimum Gasteiger partial charge on any atom is -0.459 e. The van der Waals surface area contributed by atoms with Crippen LogP contribution in [0.1, 0.15) is 17.1 Å². The molecular formula is C21H20N4O5S. The second kappa shape index (κ2) is 9.83. The first-order chi connectivity index (χ1) is 14.8. The maximum absolute atomic E-state index is 12.2. The van der Waals surface area contributed by atoms with Gasteiger partial charge in [-0.2, -0.15) is 5.10 Å². The summed E-state index contributed by atoms with van der Waals surface area (Å²) in [6.07, 6.45) is 1.20. The van der Waals surface area contributed by atoms with E-state index in [0.29, 0.717) is 11.4 Å². The third-order valence-corrected chi connectivity index (χ3v) is 5.46. The van der Waals surface area contributed by atoms with Crippen LogP contribution in [0.5, 0.6) is 0 Å². The molecule has 0 aliphatic heterocycles. The van der Waals surface area contributed by atoms with Crippen LogP contribution in [0.4, 0.5) is 5.69 Å². The van der Waals surface area contributed by atoms with Crippen LogP contribution < -0.4 is 15.5 Å². The zero-order valence-electron chi connectivity index (χ0n) is 16.5. The average molecular weight is 440 g/mol. The van der Waals surface area contributed by atoms with Crippen molar-refractivity contribution in [2.75, 3.05) is 5.32 Å². The smallest absolute Gasteiger partial charge is 0.329 e. The number of sulfonamides is 1. The van der Waals surface area contributed by atoms with Gasteiger partial charge in [-0.25, -0.2) is 18.6 Å². The molecule has 3 rings (SSSR count). The number of furan rings is 1. The topological polar surface area (TPSA) is 130 Å². The molecule has 2 aromatic carbocycles. The van der Waals surface area contributed by atoms with Crippen molar-refractivity contribution in [1.82, 2.24) is 10.1 Å². The zero-order chi connectivity index (χ0) is 22.3. The second-order valence-corrected chi connectivity index (χ2v) is 8.23. The molecule has 0 atom stereocenters. The molecule has 1 heterocycles. The van der Waals surface area contributed by atoms with E-state index in [1.165, 1.54) is 18.3 Å². The van der Waals surface area contributed by atoms with E-state index >= 15 is 0 Å². The summed E-state index contributed by atoms with van der Waals surface area (Å²) >= 11 is 0. The number of rotatable bonds is 7. The third kappa shape index (κ3) is 6.36. The number of nitrogens with zero attached hydrogens (tertiary/aromatic N) is 1. The van der Waals surface area contributed by atoms with Crippen molar-refractivity contribution in [1.29, 1.82) is 0 Å². The highest BCUT2D eigenvalue weighted by Crippen LogP contribution is 2.11. The molecule has 0 aliphatic carbocycles. The quantitative estimate of drug-likeness (QED) is 0.294. The number of amides is 2. The number of carbonyl (C=O) groups is 2. The van der Waals surface area contributed by atoms with Crippen molar-refractivity contribution in [3.8, 4) is 0 Å². The Bertz CT molecular complexity index is 1190. The van der Waals surface area contributed by atoms with Gasteiger partial charge in [-0.15, -0.1) is 0 Å². The van der Waals surface area contributed by atoms with Crippen LogP contribution in [-0.4, -0.2) is 26.4 Å². The number of hydrazone groups is 1. The number of benzene rings is 2. The van der Waals surface area contributed by atoms with Gasteiger partial charge in [0.2, 0.25) is 10.0 Å². The van der Waals surface area contributed by atoms with Crippen LogP contribution in [-0.2, 0) is 26.2 Å². The largest absolute Gasteiger partial charge is 0.459 e. The number of anilines is 1. The van der Waals surface area contributed by atoms with Crippen LogP contribution in [0.2, 0.25) is 0 Å². The van der Waals surface area contributed by atoms with E-state index in [9.17, 15) is 18.0 Å². The standard InChI is InChI=1S/C21H20N4O5S/c1-15-7-9-16(10-8-15)24-20(26)21(27)25-22-13-17-11-12-18(30-17)14-23-31(28,29)19-5-3-2-4-6-19/h2-13,23H,14H2,1H3,(H,24,26)(H,25,27)/b22-13+. The predicted octanol–water partition coefficient (Wildman–Crippen LogP) is 2.16. The molecule has 2 amide bonds. The summed E-state index contributed by atoms with van der Waals surface area (Å²) in [5.74, 6) is -1.19. The lowest BCUT2D eigenvalue weighted by Gasteiger charge is -2.04. The Hall–Kier alpha value is -3.76. The van der Waals surface area contributed by atoms with Gasteiger partial charge in [-0.05, 0) is 43.3 Å². The molecule has 0 saturated carbocycles. The van der Waals surface area contributed by atoms with Gasteiger partial charge in [0.1, 0.15) is 11.5 Å². The Labute approximate surface area is 179 Å². The fraction of sp³-hybridized carbons (Fsp3) is 0.0952. The lowest BCUT2D eigenvalue weighted by Crippen LogP contribution is -2.32. The van der Waals surface area contributed by atoms with Crippen molar-refractivity contribution in [3.05, 3.63) is 83.8 Å². The van der Waals surface area contributed by atoms with Crippen molar-refractivity contribution < 1.29 is 22.4 Å². The summed E-state index contributed by atoms with van der Waals surface area (Å²) in [6.45, 7) is 1.85.